The largest absolute Gasteiger partial charge is 0.198 e. The molecule has 1 atom stereocenters. The van der Waals surface area contributed by atoms with E-state index in [1.165, 1.54) is 0 Å². The van der Waals surface area contributed by atoms with Crippen molar-refractivity contribution in [3.8, 4) is 6.07 Å². The third-order valence-electron chi connectivity index (χ3n) is 1.43. The van der Waals surface area contributed by atoms with E-state index in [1.54, 1.807) is 0 Å². The van der Waals surface area contributed by atoms with Crippen molar-refractivity contribution in [1.29, 1.82) is 5.26 Å². The first-order valence-corrected chi connectivity index (χ1v) is 3.41. The van der Waals surface area contributed by atoms with Crippen molar-refractivity contribution in [2.24, 2.45) is 5.92 Å². The predicted molar refractivity (Wildman–Crippen MR) is 43.3 cm³/mol. The van der Waals surface area contributed by atoms with E-state index < -0.39 is 0 Å². The lowest BCUT2D eigenvalue weighted by atomic mass is 10.0. The minimum atomic E-state index is 0.0381. The van der Waals surface area contributed by atoms with Gasteiger partial charge in [0.15, 0.2) is 0 Å². The Bertz CT molecular complexity index is 181. The molecule has 0 aromatic heterocycles. The average Bonchev–Trinajstić information content (AvgIpc) is 1.98. The highest BCUT2D eigenvalue weighted by Crippen LogP contribution is 2.07. The standard InChI is InChI=1S/C9H13N/c1-4-5-6-8(2)9(3)7-10/h4-6,9H,1-3H3/b5-4-,8-6+. The van der Waals surface area contributed by atoms with Crippen LogP contribution in [0.2, 0.25) is 0 Å². The molecule has 1 heteroatoms. The molecule has 0 radical (unpaired) electrons. The third kappa shape index (κ3) is 3.09. The number of hydrogen-bond donors (Lipinski definition) is 0. The van der Waals surface area contributed by atoms with Gasteiger partial charge in [-0.2, -0.15) is 5.26 Å². The molecule has 0 amide bonds. The Morgan fingerprint density at radius 3 is 2.60 bits per heavy atom. The third-order valence-corrected chi connectivity index (χ3v) is 1.43. The average molecular weight is 135 g/mol. The predicted octanol–water partition coefficient (Wildman–Crippen LogP) is 2.67. The molecule has 0 heterocycles. The number of hydrogen-bond acceptors (Lipinski definition) is 1. The molecule has 0 N–H and O–H groups in total. The summed E-state index contributed by atoms with van der Waals surface area (Å²) in [6, 6.07) is 2.17. The Morgan fingerprint density at radius 1 is 1.60 bits per heavy atom. The van der Waals surface area contributed by atoms with Crippen molar-refractivity contribution < 1.29 is 0 Å². The van der Waals surface area contributed by atoms with Crippen LogP contribution < -0.4 is 0 Å². The second-order valence-electron chi connectivity index (χ2n) is 2.29. The van der Waals surface area contributed by atoms with Gasteiger partial charge in [0.05, 0.1) is 12.0 Å². The van der Waals surface area contributed by atoms with Gasteiger partial charge in [-0.15, -0.1) is 0 Å². The van der Waals surface area contributed by atoms with Gasteiger partial charge in [-0.05, 0) is 20.8 Å². The van der Waals surface area contributed by atoms with Gasteiger partial charge in [-0.1, -0.05) is 23.8 Å². The van der Waals surface area contributed by atoms with E-state index in [2.05, 4.69) is 6.07 Å². The molecule has 0 spiro atoms. The zero-order valence-corrected chi connectivity index (χ0v) is 6.76. The van der Waals surface area contributed by atoms with Crippen LogP contribution in [0.5, 0.6) is 0 Å². The van der Waals surface area contributed by atoms with Crippen molar-refractivity contribution in [1.82, 2.24) is 0 Å². The molecule has 0 fully saturated rings. The second-order valence-corrected chi connectivity index (χ2v) is 2.29. The summed E-state index contributed by atoms with van der Waals surface area (Å²) in [7, 11) is 0. The second kappa shape index (κ2) is 4.81. The Morgan fingerprint density at radius 2 is 2.20 bits per heavy atom. The summed E-state index contributed by atoms with van der Waals surface area (Å²) < 4.78 is 0. The summed E-state index contributed by atoms with van der Waals surface area (Å²) in [6.07, 6.45) is 5.87. The molecule has 0 saturated heterocycles. The van der Waals surface area contributed by atoms with Crippen LogP contribution in [-0.4, -0.2) is 0 Å². The number of rotatable bonds is 2. The molecular weight excluding hydrogens is 122 g/mol. The molecule has 1 nitrogen and oxygen atoms in total. The molecule has 54 valence electrons. The zero-order valence-electron chi connectivity index (χ0n) is 6.76. The molecular formula is C9H13N. The Kier molecular flexibility index (Phi) is 4.32. The van der Waals surface area contributed by atoms with E-state index in [0.717, 1.165) is 5.57 Å². The summed E-state index contributed by atoms with van der Waals surface area (Å²) in [5.74, 6) is 0.0381. The molecule has 0 saturated carbocycles. The van der Waals surface area contributed by atoms with Crippen LogP contribution in [0.3, 0.4) is 0 Å². The van der Waals surface area contributed by atoms with Gasteiger partial charge >= 0.3 is 0 Å². The van der Waals surface area contributed by atoms with Crippen LogP contribution >= 0.6 is 0 Å². The van der Waals surface area contributed by atoms with Crippen LogP contribution in [0.4, 0.5) is 0 Å². The fourth-order valence-electron chi connectivity index (χ4n) is 0.494. The van der Waals surface area contributed by atoms with E-state index in [-0.39, 0.29) is 5.92 Å². The van der Waals surface area contributed by atoms with Crippen molar-refractivity contribution in [3.05, 3.63) is 23.8 Å². The first kappa shape index (κ1) is 8.97. The Balaban J connectivity index is 4.08. The smallest absolute Gasteiger partial charge is 0.0697 e. The first-order chi connectivity index (χ1) is 4.72. The van der Waals surface area contributed by atoms with E-state index in [0.29, 0.717) is 0 Å². The lowest BCUT2D eigenvalue weighted by molar-refractivity contribution is 0.879. The molecule has 0 aromatic rings. The van der Waals surface area contributed by atoms with Crippen LogP contribution in [0.25, 0.3) is 0 Å². The van der Waals surface area contributed by atoms with Gasteiger partial charge < -0.3 is 0 Å². The number of allylic oxidation sites excluding steroid dienone is 4. The van der Waals surface area contributed by atoms with Crippen molar-refractivity contribution in [2.75, 3.05) is 0 Å². The molecule has 0 rings (SSSR count). The first-order valence-electron chi connectivity index (χ1n) is 3.41. The van der Waals surface area contributed by atoms with Gasteiger partial charge in [0, 0.05) is 0 Å². The van der Waals surface area contributed by atoms with Crippen LogP contribution in [-0.2, 0) is 0 Å². The lowest BCUT2D eigenvalue weighted by Crippen LogP contribution is -1.89. The van der Waals surface area contributed by atoms with E-state index in [9.17, 15) is 0 Å². The zero-order chi connectivity index (χ0) is 7.98. The highest BCUT2D eigenvalue weighted by molar-refractivity contribution is 5.16. The fraction of sp³-hybridized carbons (Fsp3) is 0.444. The minimum absolute atomic E-state index is 0.0381. The summed E-state index contributed by atoms with van der Waals surface area (Å²) in [5, 5.41) is 8.49. The molecule has 0 aliphatic carbocycles. The topological polar surface area (TPSA) is 23.8 Å². The quantitative estimate of drug-likeness (QED) is 0.534. The minimum Gasteiger partial charge on any atom is -0.198 e. The maximum absolute atomic E-state index is 8.49. The van der Waals surface area contributed by atoms with Gasteiger partial charge in [0.25, 0.3) is 0 Å². The normalized spacial score (nSPS) is 15.2. The Labute approximate surface area is 62.7 Å². The van der Waals surface area contributed by atoms with Gasteiger partial charge in [-0.3, -0.25) is 0 Å². The number of nitriles is 1. The maximum atomic E-state index is 8.49. The van der Waals surface area contributed by atoms with Crippen molar-refractivity contribution in [2.45, 2.75) is 20.8 Å². The van der Waals surface area contributed by atoms with Crippen LogP contribution in [0.15, 0.2) is 23.8 Å². The summed E-state index contributed by atoms with van der Waals surface area (Å²) in [6.45, 7) is 5.82. The molecule has 0 bridgehead atoms. The monoisotopic (exact) mass is 135 g/mol. The van der Waals surface area contributed by atoms with E-state index in [4.69, 9.17) is 5.26 Å². The molecule has 1 unspecified atom stereocenters. The molecule has 0 aromatic carbocycles. The summed E-state index contributed by atoms with van der Waals surface area (Å²) >= 11 is 0. The Hall–Kier alpha value is -1.03. The maximum Gasteiger partial charge on any atom is 0.0697 e. The van der Waals surface area contributed by atoms with Gasteiger partial charge in [-0.25, -0.2) is 0 Å². The van der Waals surface area contributed by atoms with Crippen LogP contribution in [0, 0.1) is 17.2 Å². The van der Waals surface area contributed by atoms with E-state index in [1.807, 2.05) is 39.0 Å². The van der Waals surface area contributed by atoms with Gasteiger partial charge in [0.2, 0.25) is 0 Å². The summed E-state index contributed by atoms with van der Waals surface area (Å²) in [4.78, 5) is 0. The van der Waals surface area contributed by atoms with Crippen molar-refractivity contribution >= 4 is 0 Å². The fourth-order valence-corrected chi connectivity index (χ4v) is 0.494. The van der Waals surface area contributed by atoms with Crippen LogP contribution in [0.1, 0.15) is 20.8 Å². The number of nitrogens with zero attached hydrogens (tertiary/aromatic N) is 1. The molecule has 10 heavy (non-hydrogen) atoms. The van der Waals surface area contributed by atoms with Crippen molar-refractivity contribution in [3.63, 3.8) is 0 Å². The molecule has 0 aliphatic rings. The highest BCUT2D eigenvalue weighted by atomic mass is 14.3. The molecule has 0 aliphatic heterocycles. The SMILES string of the molecule is C/C=C\C=C(/C)C(C)C#N. The van der Waals surface area contributed by atoms with E-state index >= 15 is 0 Å². The highest BCUT2D eigenvalue weighted by Gasteiger charge is 1.98. The lowest BCUT2D eigenvalue weighted by Gasteiger charge is -1.98. The summed E-state index contributed by atoms with van der Waals surface area (Å²) in [5.41, 5.74) is 1.11. The van der Waals surface area contributed by atoms with Gasteiger partial charge in [0.1, 0.15) is 0 Å².